The minimum absolute atomic E-state index is 0.990. The number of unbranched alkanes of at least 4 members (excludes halogenated alkanes) is 1. The fourth-order valence-electron chi connectivity index (χ4n) is 2.07. The summed E-state index contributed by atoms with van der Waals surface area (Å²) in [5.41, 5.74) is 0. The van der Waals surface area contributed by atoms with Crippen molar-refractivity contribution in [2.75, 3.05) is 26.7 Å². The number of rotatable bonds is 7. The monoisotopic (exact) mass is 184 g/mol. The smallest absolute Gasteiger partial charge is 0.00205 e. The molecule has 2 heteroatoms. The third-order valence-corrected chi connectivity index (χ3v) is 2.94. The van der Waals surface area contributed by atoms with Crippen LogP contribution in [-0.4, -0.2) is 26.7 Å². The largest absolute Gasteiger partial charge is 0.320 e. The van der Waals surface area contributed by atoms with E-state index in [0.29, 0.717) is 0 Å². The predicted molar refractivity (Wildman–Crippen MR) is 58.0 cm³/mol. The van der Waals surface area contributed by atoms with E-state index in [1.807, 2.05) is 7.05 Å². The van der Waals surface area contributed by atoms with Gasteiger partial charge in [0.2, 0.25) is 0 Å². The van der Waals surface area contributed by atoms with Crippen molar-refractivity contribution in [3.8, 4) is 0 Å². The van der Waals surface area contributed by atoms with Crippen LogP contribution in [-0.2, 0) is 0 Å². The van der Waals surface area contributed by atoms with Gasteiger partial charge in [-0.25, -0.2) is 0 Å². The molecule has 1 rings (SSSR count). The van der Waals surface area contributed by atoms with Gasteiger partial charge in [0.05, 0.1) is 0 Å². The Balaban J connectivity index is 1.78. The van der Waals surface area contributed by atoms with E-state index in [0.717, 1.165) is 12.5 Å². The first-order valence-electron chi connectivity index (χ1n) is 5.79. The van der Waals surface area contributed by atoms with Crippen LogP contribution in [0.15, 0.2) is 0 Å². The molecule has 0 saturated heterocycles. The summed E-state index contributed by atoms with van der Waals surface area (Å²) in [4.78, 5) is 0. The van der Waals surface area contributed by atoms with Gasteiger partial charge in [0.1, 0.15) is 0 Å². The molecule has 2 N–H and O–H groups in total. The standard InChI is InChI=1S/C11H24N2/c1-12-8-4-5-9-13-10-11-6-2-3-7-11/h11-13H,2-10H2,1H3. The van der Waals surface area contributed by atoms with Crippen LogP contribution in [0.1, 0.15) is 38.5 Å². The van der Waals surface area contributed by atoms with Gasteiger partial charge in [-0.15, -0.1) is 0 Å². The molecule has 0 aromatic rings. The van der Waals surface area contributed by atoms with E-state index in [1.54, 1.807) is 0 Å². The molecule has 0 spiro atoms. The molecule has 0 unspecified atom stereocenters. The minimum atomic E-state index is 0.990. The first kappa shape index (κ1) is 11.0. The Morgan fingerprint density at radius 1 is 1.08 bits per heavy atom. The molecule has 0 aliphatic heterocycles. The Morgan fingerprint density at radius 2 is 1.77 bits per heavy atom. The second-order valence-corrected chi connectivity index (χ2v) is 4.17. The molecule has 1 saturated carbocycles. The normalized spacial score (nSPS) is 18.2. The van der Waals surface area contributed by atoms with E-state index in [1.165, 1.54) is 51.6 Å². The van der Waals surface area contributed by atoms with Crippen molar-refractivity contribution in [3.63, 3.8) is 0 Å². The van der Waals surface area contributed by atoms with Crippen LogP contribution in [0.2, 0.25) is 0 Å². The zero-order valence-electron chi connectivity index (χ0n) is 8.94. The van der Waals surface area contributed by atoms with E-state index >= 15 is 0 Å². The third-order valence-electron chi connectivity index (χ3n) is 2.94. The Labute approximate surface area is 82.5 Å². The summed E-state index contributed by atoms with van der Waals surface area (Å²) in [5.74, 6) is 0.990. The van der Waals surface area contributed by atoms with E-state index < -0.39 is 0 Å². The van der Waals surface area contributed by atoms with Gasteiger partial charge in [-0.3, -0.25) is 0 Å². The topological polar surface area (TPSA) is 24.1 Å². The Morgan fingerprint density at radius 3 is 2.46 bits per heavy atom. The van der Waals surface area contributed by atoms with Gasteiger partial charge >= 0.3 is 0 Å². The van der Waals surface area contributed by atoms with E-state index in [9.17, 15) is 0 Å². The minimum Gasteiger partial charge on any atom is -0.320 e. The Bertz CT molecular complexity index is 109. The zero-order valence-corrected chi connectivity index (χ0v) is 8.94. The second-order valence-electron chi connectivity index (χ2n) is 4.17. The lowest BCUT2D eigenvalue weighted by atomic mass is 10.1. The van der Waals surface area contributed by atoms with Crippen molar-refractivity contribution >= 4 is 0 Å². The van der Waals surface area contributed by atoms with Crippen molar-refractivity contribution in [1.29, 1.82) is 0 Å². The van der Waals surface area contributed by atoms with Gasteiger partial charge in [-0.1, -0.05) is 12.8 Å². The van der Waals surface area contributed by atoms with Gasteiger partial charge in [0.15, 0.2) is 0 Å². The van der Waals surface area contributed by atoms with Crippen LogP contribution in [0.3, 0.4) is 0 Å². The molecule has 0 aromatic heterocycles. The number of nitrogens with one attached hydrogen (secondary N) is 2. The van der Waals surface area contributed by atoms with Gasteiger partial charge in [-0.05, 0) is 58.3 Å². The average molecular weight is 184 g/mol. The van der Waals surface area contributed by atoms with E-state index in [-0.39, 0.29) is 0 Å². The van der Waals surface area contributed by atoms with Crippen LogP contribution >= 0.6 is 0 Å². The second kappa shape index (κ2) is 7.34. The molecular formula is C11H24N2. The molecule has 1 aliphatic carbocycles. The van der Waals surface area contributed by atoms with Crippen molar-refractivity contribution in [3.05, 3.63) is 0 Å². The van der Waals surface area contributed by atoms with Crippen molar-refractivity contribution in [2.24, 2.45) is 5.92 Å². The Hall–Kier alpha value is -0.0800. The van der Waals surface area contributed by atoms with Crippen molar-refractivity contribution in [2.45, 2.75) is 38.5 Å². The molecule has 13 heavy (non-hydrogen) atoms. The molecule has 2 nitrogen and oxygen atoms in total. The summed E-state index contributed by atoms with van der Waals surface area (Å²) in [7, 11) is 2.02. The van der Waals surface area contributed by atoms with Crippen LogP contribution in [0.5, 0.6) is 0 Å². The molecular weight excluding hydrogens is 160 g/mol. The summed E-state index contributed by atoms with van der Waals surface area (Å²) in [6.07, 6.45) is 8.47. The molecule has 0 radical (unpaired) electrons. The van der Waals surface area contributed by atoms with Crippen molar-refractivity contribution in [1.82, 2.24) is 10.6 Å². The van der Waals surface area contributed by atoms with Gasteiger partial charge in [0.25, 0.3) is 0 Å². The molecule has 0 bridgehead atoms. The molecule has 1 aliphatic rings. The first-order valence-corrected chi connectivity index (χ1v) is 5.79. The van der Waals surface area contributed by atoms with Crippen molar-refractivity contribution < 1.29 is 0 Å². The van der Waals surface area contributed by atoms with Crippen LogP contribution in [0.25, 0.3) is 0 Å². The lowest BCUT2D eigenvalue weighted by molar-refractivity contribution is 0.481. The molecule has 0 amide bonds. The van der Waals surface area contributed by atoms with E-state index in [4.69, 9.17) is 0 Å². The van der Waals surface area contributed by atoms with Crippen LogP contribution in [0, 0.1) is 5.92 Å². The highest BCUT2D eigenvalue weighted by atomic mass is 14.9. The van der Waals surface area contributed by atoms with E-state index in [2.05, 4.69) is 10.6 Å². The highest BCUT2D eigenvalue weighted by Gasteiger charge is 2.13. The molecule has 1 fully saturated rings. The maximum absolute atomic E-state index is 3.56. The van der Waals surface area contributed by atoms with Crippen LogP contribution < -0.4 is 10.6 Å². The SMILES string of the molecule is CNCCCCNCC1CCCC1. The van der Waals surface area contributed by atoms with Gasteiger partial charge < -0.3 is 10.6 Å². The predicted octanol–water partition coefficient (Wildman–Crippen LogP) is 1.77. The summed E-state index contributed by atoms with van der Waals surface area (Å²) in [6.45, 7) is 3.63. The fourth-order valence-corrected chi connectivity index (χ4v) is 2.07. The molecule has 0 aromatic carbocycles. The third kappa shape index (κ3) is 5.27. The lowest BCUT2D eigenvalue weighted by Crippen LogP contribution is -2.23. The lowest BCUT2D eigenvalue weighted by Gasteiger charge is -2.09. The summed E-state index contributed by atoms with van der Waals surface area (Å²) in [6, 6.07) is 0. The summed E-state index contributed by atoms with van der Waals surface area (Å²) in [5, 5.41) is 6.73. The summed E-state index contributed by atoms with van der Waals surface area (Å²) >= 11 is 0. The Kier molecular flexibility index (Phi) is 6.21. The molecule has 0 heterocycles. The number of hydrogen-bond acceptors (Lipinski definition) is 2. The quantitative estimate of drug-likeness (QED) is 0.589. The zero-order chi connectivity index (χ0) is 9.36. The maximum atomic E-state index is 3.56. The molecule has 78 valence electrons. The number of hydrogen-bond donors (Lipinski definition) is 2. The maximum Gasteiger partial charge on any atom is -0.00205 e. The first-order chi connectivity index (χ1) is 6.43. The highest BCUT2D eigenvalue weighted by molar-refractivity contribution is 4.69. The van der Waals surface area contributed by atoms with Gasteiger partial charge in [0, 0.05) is 0 Å². The fraction of sp³-hybridized carbons (Fsp3) is 1.00. The summed E-state index contributed by atoms with van der Waals surface area (Å²) < 4.78 is 0. The molecule has 0 atom stereocenters. The average Bonchev–Trinajstić information content (AvgIpc) is 2.63. The van der Waals surface area contributed by atoms with Crippen LogP contribution in [0.4, 0.5) is 0 Å². The van der Waals surface area contributed by atoms with Gasteiger partial charge in [-0.2, -0.15) is 0 Å². The highest BCUT2D eigenvalue weighted by Crippen LogP contribution is 2.23.